The van der Waals surface area contributed by atoms with E-state index in [1.54, 1.807) is 19.5 Å². The number of fused-ring (bicyclic) bond motifs is 1. The molecule has 0 amide bonds. The third-order valence-electron chi connectivity index (χ3n) is 3.91. The third-order valence-corrected chi connectivity index (χ3v) is 4.13. The Morgan fingerprint density at radius 1 is 1.27 bits per heavy atom. The maximum Gasteiger partial charge on any atom is 0.171 e. The van der Waals surface area contributed by atoms with Crippen molar-refractivity contribution in [3.05, 3.63) is 53.9 Å². The molecule has 1 aromatic heterocycles. The van der Waals surface area contributed by atoms with E-state index in [9.17, 15) is 0 Å². The summed E-state index contributed by atoms with van der Waals surface area (Å²) in [5.41, 5.74) is 3.60. The van der Waals surface area contributed by atoms with E-state index in [1.807, 2.05) is 18.2 Å². The topological polar surface area (TPSA) is 46.2 Å². The van der Waals surface area contributed by atoms with Gasteiger partial charge < -0.3 is 15.4 Å². The zero-order valence-corrected chi connectivity index (χ0v) is 13.3. The van der Waals surface area contributed by atoms with Gasteiger partial charge in [-0.1, -0.05) is 6.07 Å². The van der Waals surface area contributed by atoms with Gasteiger partial charge in [0.15, 0.2) is 5.11 Å². The van der Waals surface area contributed by atoms with Crippen molar-refractivity contribution in [2.45, 2.75) is 25.3 Å². The molecule has 1 aliphatic carbocycles. The van der Waals surface area contributed by atoms with Crippen LogP contribution < -0.4 is 15.4 Å². The summed E-state index contributed by atoms with van der Waals surface area (Å²) in [6.07, 6.45) is 6.81. The Kier molecular flexibility index (Phi) is 4.53. The van der Waals surface area contributed by atoms with Crippen LogP contribution in [0.15, 0.2) is 42.7 Å². The van der Waals surface area contributed by atoms with E-state index in [0.717, 1.165) is 30.7 Å². The van der Waals surface area contributed by atoms with E-state index in [-0.39, 0.29) is 6.04 Å². The summed E-state index contributed by atoms with van der Waals surface area (Å²) in [7, 11) is 1.70. The van der Waals surface area contributed by atoms with Crippen LogP contribution in [-0.4, -0.2) is 17.2 Å². The van der Waals surface area contributed by atoms with Gasteiger partial charge in [-0.2, -0.15) is 0 Å². The van der Waals surface area contributed by atoms with Crippen LogP contribution in [-0.2, 0) is 6.42 Å². The second-order valence-electron chi connectivity index (χ2n) is 5.34. The lowest BCUT2D eigenvalue weighted by Crippen LogP contribution is -2.34. The van der Waals surface area contributed by atoms with Crippen LogP contribution in [0.4, 0.5) is 5.69 Å². The van der Waals surface area contributed by atoms with Crippen LogP contribution in [0.25, 0.3) is 0 Å². The lowest BCUT2D eigenvalue weighted by atomic mass is 9.87. The molecule has 114 valence electrons. The zero-order valence-electron chi connectivity index (χ0n) is 12.5. The Morgan fingerprint density at radius 2 is 2.09 bits per heavy atom. The van der Waals surface area contributed by atoms with Crippen LogP contribution in [0, 0.1) is 0 Å². The number of rotatable bonds is 3. The second-order valence-corrected chi connectivity index (χ2v) is 5.75. The molecular formula is C17H19N3OS. The fraction of sp³-hybridized carbons (Fsp3) is 0.294. The summed E-state index contributed by atoms with van der Waals surface area (Å²) in [5.74, 6) is 0.914. The molecule has 0 aliphatic heterocycles. The molecule has 1 heterocycles. The second kappa shape index (κ2) is 6.75. The maximum absolute atomic E-state index is 5.43. The predicted octanol–water partition coefficient (Wildman–Crippen LogP) is 3.45. The molecule has 4 nitrogen and oxygen atoms in total. The Hall–Kier alpha value is -2.14. The van der Waals surface area contributed by atoms with Gasteiger partial charge in [0.25, 0.3) is 0 Å². The van der Waals surface area contributed by atoms with Crippen LogP contribution in [0.1, 0.15) is 30.0 Å². The van der Waals surface area contributed by atoms with Crippen LogP contribution in [0.2, 0.25) is 0 Å². The van der Waals surface area contributed by atoms with Crippen molar-refractivity contribution < 1.29 is 4.74 Å². The van der Waals surface area contributed by atoms with E-state index in [2.05, 4.69) is 27.8 Å². The number of nitrogens with one attached hydrogen (secondary N) is 2. The standard InChI is InChI=1S/C17H19N3OS/c1-21-14-5-6-15-12(11-14)3-2-4-16(15)20-17(22)19-13-7-9-18-10-8-13/h5-11,16H,2-4H2,1H3,(H2,18,19,20,22)/t16-/m1/s1. The Labute approximate surface area is 135 Å². The molecule has 0 bridgehead atoms. The molecule has 0 fully saturated rings. The number of hydrogen-bond acceptors (Lipinski definition) is 3. The van der Waals surface area contributed by atoms with Crippen molar-refractivity contribution in [2.24, 2.45) is 0 Å². The highest BCUT2D eigenvalue weighted by molar-refractivity contribution is 7.80. The highest BCUT2D eigenvalue weighted by atomic mass is 32.1. The SMILES string of the molecule is COc1ccc2c(c1)CCC[C@H]2NC(=S)Nc1ccncc1. The molecule has 0 unspecified atom stereocenters. The van der Waals surface area contributed by atoms with Crippen LogP contribution in [0.5, 0.6) is 5.75 Å². The number of pyridine rings is 1. The summed E-state index contributed by atoms with van der Waals surface area (Å²) < 4.78 is 5.31. The molecule has 1 atom stereocenters. The van der Waals surface area contributed by atoms with Crippen molar-refractivity contribution in [3.63, 3.8) is 0 Å². The minimum atomic E-state index is 0.247. The minimum absolute atomic E-state index is 0.247. The molecule has 0 spiro atoms. The molecule has 0 saturated heterocycles. The number of ether oxygens (including phenoxy) is 1. The summed E-state index contributed by atoms with van der Waals surface area (Å²) in [4.78, 5) is 4.00. The smallest absolute Gasteiger partial charge is 0.171 e. The highest BCUT2D eigenvalue weighted by Crippen LogP contribution is 2.32. The first-order valence-corrected chi connectivity index (χ1v) is 7.81. The Balaban J connectivity index is 1.70. The Bertz CT molecular complexity index is 660. The van der Waals surface area contributed by atoms with Crippen molar-refractivity contribution >= 4 is 23.0 Å². The van der Waals surface area contributed by atoms with Gasteiger partial charge in [-0.05, 0) is 66.9 Å². The van der Waals surface area contributed by atoms with Gasteiger partial charge >= 0.3 is 0 Å². The summed E-state index contributed by atoms with van der Waals surface area (Å²) in [6.45, 7) is 0. The fourth-order valence-electron chi connectivity index (χ4n) is 2.83. The monoisotopic (exact) mass is 313 g/mol. The van der Waals surface area contributed by atoms with Crippen molar-refractivity contribution in [1.29, 1.82) is 0 Å². The minimum Gasteiger partial charge on any atom is -0.497 e. The molecular weight excluding hydrogens is 294 g/mol. The summed E-state index contributed by atoms with van der Waals surface area (Å²) >= 11 is 5.43. The molecule has 1 aliphatic rings. The van der Waals surface area contributed by atoms with E-state index in [1.165, 1.54) is 11.1 Å². The quantitative estimate of drug-likeness (QED) is 0.850. The van der Waals surface area contributed by atoms with Crippen molar-refractivity contribution in [1.82, 2.24) is 10.3 Å². The number of anilines is 1. The molecule has 0 radical (unpaired) electrons. The van der Waals surface area contributed by atoms with E-state index >= 15 is 0 Å². The van der Waals surface area contributed by atoms with Gasteiger partial charge in [-0.25, -0.2) is 0 Å². The van der Waals surface area contributed by atoms with E-state index < -0.39 is 0 Å². The molecule has 22 heavy (non-hydrogen) atoms. The number of nitrogens with zero attached hydrogens (tertiary/aromatic N) is 1. The van der Waals surface area contributed by atoms with Gasteiger partial charge in [-0.3, -0.25) is 4.98 Å². The number of methoxy groups -OCH3 is 1. The first-order valence-electron chi connectivity index (χ1n) is 7.40. The lowest BCUT2D eigenvalue weighted by Gasteiger charge is -2.28. The predicted molar refractivity (Wildman–Crippen MR) is 92.3 cm³/mol. The van der Waals surface area contributed by atoms with Crippen LogP contribution >= 0.6 is 12.2 Å². The molecule has 2 N–H and O–H groups in total. The number of aromatic nitrogens is 1. The van der Waals surface area contributed by atoms with Gasteiger partial charge in [0.05, 0.1) is 13.2 Å². The zero-order chi connectivity index (χ0) is 15.4. The maximum atomic E-state index is 5.43. The van der Waals surface area contributed by atoms with Gasteiger partial charge in [0.2, 0.25) is 0 Å². The summed E-state index contributed by atoms with van der Waals surface area (Å²) in [6, 6.07) is 10.3. The highest BCUT2D eigenvalue weighted by Gasteiger charge is 2.21. The number of thiocarbonyl (C=S) groups is 1. The van der Waals surface area contributed by atoms with Crippen molar-refractivity contribution in [3.8, 4) is 5.75 Å². The largest absolute Gasteiger partial charge is 0.497 e. The lowest BCUT2D eigenvalue weighted by molar-refractivity contribution is 0.412. The third kappa shape index (κ3) is 3.36. The molecule has 1 aromatic carbocycles. The van der Waals surface area contributed by atoms with Crippen LogP contribution in [0.3, 0.4) is 0 Å². The normalized spacial score (nSPS) is 16.5. The first kappa shape index (κ1) is 14.8. The molecule has 0 saturated carbocycles. The summed E-state index contributed by atoms with van der Waals surface area (Å²) in [5, 5.41) is 7.26. The van der Waals surface area contributed by atoms with E-state index in [0.29, 0.717) is 5.11 Å². The average Bonchev–Trinajstić information content (AvgIpc) is 2.55. The number of hydrogen-bond donors (Lipinski definition) is 2. The molecule has 5 heteroatoms. The van der Waals surface area contributed by atoms with E-state index in [4.69, 9.17) is 17.0 Å². The molecule has 3 rings (SSSR count). The van der Waals surface area contributed by atoms with Gasteiger partial charge in [0.1, 0.15) is 5.75 Å². The average molecular weight is 313 g/mol. The number of benzene rings is 1. The van der Waals surface area contributed by atoms with Gasteiger partial charge in [-0.15, -0.1) is 0 Å². The van der Waals surface area contributed by atoms with Gasteiger partial charge in [0, 0.05) is 18.1 Å². The Morgan fingerprint density at radius 3 is 2.86 bits per heavy atom. The fourth-order valence-corrected chi connectivity index (χ4v) is 3.09. The molecule has 2 aromatic rings. The first-order chi connectivity index (χ1) is 10.8. The van der Waals surface area contributed by atoms with Crippen molar-refractivity contribution in [2.75, 3.05) is 12.4 Å². The number of aryl methyl sites for hydroxylation is 1.